The van der Waals surface area contributed by atoms with Crippen molar-refractivity contribution in [3.05, 3.63) is 28.8 Å². The minimum Gasteiger partial charge on any atom is -0.496 e. The maximum Gasteiger partial charge on any atom is 0.123 e. The Kier molecular flexibility index (Phi) is 5.02. The van der Waals surface area contributed by atoms with Gasteiger partial charge in [-0.2, -0.15) is 0 Å². The van der Waals surface area contributed by atoms with Gasteiger partial charge in [0.25, 0.3) is 0 Å². The first-order chi connectivity index (χ1) is 8.34. The second-order valence-electron chi connectivity index (χ2n) is 5.16. The predicted octanol–water partition coefficient (Wildman–Crippen LogP) is 2.95. The van der Waals surface area contributed by atoms with Crippen LogP contribution in [0, 0.1) is 0 Å². The zero-order valence-electron chi connectivity index (χ0n) is 12.0. The first-order valence-corrected chi connectivity index (χ1v) is 6.40. The molecule has 0 radical (unpaired) electrons. The van der Waals surface area contributed by atoms with Gasteiger partial charge in [-0.3, -0.25) is 0 Å². The monoisotopic (exact) mass is 270 g/mol. The SMILES string of the molecule is CNC(c1cc(Cl)ccc1OC)C(C)(C)N(C)C. The number of benzene rings is 1. The van der Waals surface area contributed by atoms with Crippen molar-refractivity contribution in [3.8, 4) is 5.75 Å². The number of hydrogen-bond donors (Lipinski definition) is 1. The van der Waals surface area contributed by atoms with Crippen LogP contribution < -0.4 is 10.1 Å². The first-order valence-electron chi connectivity index (χ1n) is 6.02. The lowest BCUT2D eigenvalue weighted by Crippen LogP contribution is -2.48. The standard InChI is InChI=1S/C14H23ClN2O/c1-14(2,17(4)5)13(16-3)11-9-10(15)7-8-12(11)18-6/h7-9,13,16H,1-6H3. The number of nitrogens with one attached hydrogen (secondary N) is 1. The van der Waals surface area contributed by atoms with E-state index < -0.39 is 0 Å². The van der Waals surface area contributed by atoms with Crippen LogP contribution in [0.3, 0.4) is 0 Å². The average molecular weight is 271 g/mol. The Morgan fingerprint density at radius 3 is 2.39 bits per heavy atom. The lowest BCUT2D eigenvalue weighted by molar-refractivity contribution is 0.141. The Morgan fingerprint density at radius 2 is 1.94 bits per heavy atom. The lowest BCUT2D eigenvalue weighted by atomic mass is 9.87. The molecular formula is C14H23ClN2O. The van der Waals surface area contributed by atoms with Gasteiger partial charge >= 0.3 is 0 Å². The molecule has 1 unspecified atom stereocenters. The smallest absolute Gasteiger partial charge is 0.123 e. The van der Waals surface area contributed by atoms with Gasteiger partial charge in [0.05, 0.1) is 13.2 Å². The van der Waals surface area contributed by atoms with Crippen molar-refractivity contribution in [2.24, 2.45) is 0 Å². The molecule has 1 rings (SSSR count). The van der Waals surface area contributed by atoms with Crippen molar-refractivity contribution in [1.82, 2.24) is 10.2 Å². The number of likely N-dealkylation sites (N-methyl/N-ethyl adjacent to an activating group) is 2. The molecule has 0 aliphatic rings. The van der Waals surface area contributed by atoms with Crippen molar-refractivity contribution in [1.29, 1.82) is 0 Å². The van der Waals surface area contributed by atoms with Gasteiger partial charge in [-0.1, -0.05) is 11.6 Å². The number of ether oxygens (including phenoxy) is 1. The minimum atomic E-state index is -0.0628. The van der Waals surface area contributed by atoms with Crippen LogP contribution in [0.4, 0.5) is 0 Å². The molecule has 1 atom stereocenters. The van der Waals surface area contributed by atoms with Gasteiger partial charge in [0.15, 0.2) is 0 Å². The summed E-state index contributed by atoms with van der Waals surface area (Å²) in [6.45, 7) is 4.38. The van der Waals surface area contributed by atoms with E-state index in [1.54, 1.807) is 7.11 Å². The first kappa shape index (κ1) is 15.3. The van der Waals surface area contributed by atoms with E-state index in [4.69, 9.17) is 16.3 Å². The Labute approximate surface area is 115 Å². The van der Waals surface area contributed by atoms with Gasteiger partial charge in [0, 0.05) is 16.1 Å². The summed E-state index contributed by atoms with van der Waals surface area (Å²) < 4.78 is 5.44. The summed E-state index contributed by atoms with van der Waals surface area (Å²) in [7, 11) is 7.78. The lowest BCUT2D eigenvalue weighted by Gasteiger charge is -2.40. The highest BCUT2D eigenvalue weighted by atomic mass is 35.5. The Hall–Kier alpha value is -0.770. The summed E-state index contributed by atoms with van der Waals surface area (Å²) >= 11 is 6.11. The van der Waals surface area contributed by atoms with E-state index in [0.717, 1.165) is 16.3 Å². The molecule has 0 fully saturated rings. The number of halogens is 1. The zero-order valence-corrected chi connectivity index (χ0v) is 12.8. The Bertz CT molecular complexity index is 405. The molecule has 0 amide bonds. The van der Waals surface area contributed by atoms with Crippen LogP contribution in [-0.4, -0.2) is 38.7 Å². The van der Waals surface area contributed by atoms with E-state index in [1.807, 2.05) is 25.2 Å². The van der Waals surface area contributed by atoms with Crippen LogP contribution in [0.2, 0.25) is 5.02 Å². The van der Waals surface area contributed by atoms with Gasteiger partial charge in [-0.15, -0.1) is 0 Å². The highest BCUT2D eigenvalue weighted by Crippen LogP contribution is 2.36. The van der Waals surface area contributed by atoms with Crippen molar-refractivity contribution < 1.29 is 4.74 Å². The second-order valence-corrected chi connectivity index (χ2v) is 5.59. The van der Waals surface area contributed by atoms with Crippen molar-refractivity contribution >= 4 is 11.6 Å². The summed E-state index contributed by atoms with van der Waals surface area (Å²) in [4.78, 5) is 2.19. The largest absolute Gasteiger partial charge is 0.496 e. The third-order valence-corrected chi connectivity index (χ3v) is 3.89. The third-order valence-electron chi connectivity index (χ3n) is 3.65. The molecule has 0 aromatic heterocycles. The molecule has 0 spiro atoms. The molecule has 102 valence electrons. The molecule has 0 saturated heterocycles. The van der Waals surface area contributed by atoms with E-state index in [-0.39, 0.29) is 11.6 Å². The minimum absolute atomic E-state index is 0.0628. The van der Waals surface area contributed by atoms with E-state index in [2.05, 4.69) is 38.2 Å². The second kappa shape index (κ2) is 5.91. The molecule has 0 aliphatic heterocycles. The van der Waals surface area contributed by atoms with Crippen molar-refractivity contribution in [2.45, 2.75) is 25.4 Å². The van der Waals surface area contributed by atoms with Gasteiger partial charge in [0.2, 0.25) is 0 Å². The van der Waals surface area contributed by atoms with Gasteiger partial charge in [-0.05, 0) is 53.2 Å². The molecular weight excluding hydrogens is 248 g/mol. The van der Waals surface area contributed by atoms with Crippen LogP contribution in [-0.2, 0) is 0 Å². The van der Waals surface area contributed by atoms with E-state index in [9.17, 15) is 0 Å². The fourth-order valence-electron chi connectivity index (χ4n) is 2.08. The molecule has 0 bridgehead atoms. The summed E-state index contributed by atoms with van der Waals surface area (Å²) in [5.41, 5.74) is 1.01. The van der Waals surface area contributed by atoms with Crippen LogP contribution >= 0.6 is 11.6 Å². The molecule has 4 heteroatoms. The predicted molar refractivity (Wildman–Crippen MR) is 77.6 cm³/mol. The maximum atomic E-state index is 6.11. The zero-order chi connectivity index (χ0) is 13.9. The summed E-state index contributed by atoms with van der Waals surface area (Å²) in [5.74, 6) is 0.855. The Balaban J connectivity index is 3.28. The number of hydrogen-bond acceptors (Lipinski definition) is 3. The number of rotatable bonds is 5. The molecule has 0 saturated carbocycles. The van der Waals surface area contributed by atoms with Crippen LogP contribution in [0.25, 0.3) is 0 Å². The summed E-state index contributed by atoms with van der Waals surface area (Å²) in [5, 5.41) is 4.08. The molecule has 18 heavy (non-hydrogen) atoms. The number of methoxy groups -OCH3 is 1. The van der Waals surface area contributed by atoms with Crippen molar-refractivity contribution in [3.63, 3.8) is 0 Å². The maximum absolute atomic E-state index is 6.11. The molecule has 1 aromatic rings. The van der Waals surface area contributed by atoms with Crippen molar-refractivity contribution in [2.75, 3.05) is 28.3 Å². The van der Waals surface area contributed by atoms with E-state index >= 15 is 0 Å². The van der Waals surface area contributed by atoms with Crippen LogP contribution in [0.15, 0.2) is 18.2 Å². The van der Waals surface area contributed by atoms with E-state index in [1.165, 1.54) is 0 Å². The van der Waals surface area contributed by atoms with Crippen LogP contribution in [0.1, 0.15) is 25.5 Å². The quantitative estimate of drug-likeness (QED) is 0.890. The normalized spacial score (nSPS) is 13.8. The van der Waals surface area contributed by atoms with E-state index in [0.29, 0.717) is 0 Å². The van der Waals surface area contributed by atoms with Crippen LogP contribution in [0.5, 0.6) is 5.75 Å². The fraction of sp³-hybridized carbons (Fsp3) is 0.571. The van der Waals surface area contributed by atoms with Gasteiger partial charge in [0.1, 0.15) is 5.75 Å². The Morgan fingerprint density at radius 1 is 1.33 bits per heavy atom. The summed E-state index contributed by atoms with van der Waals surface area (Å²) in [6, 6.07) is 5.85. The molecule has 0 aliphatic carbocycles. The molecule has 0 heterocycles. The average Bonchev–Trinajstić information content (AvgIpc) is 2.29. The molecule has 3 nitrogen and oxygen atoms in total. The fourth-order valence-corrected chi connectivity index (χ4v) is 2.26. The highest BCUT2D eigenvalue weighted by Gasteiger charge is 2.33. The topological polar surface area (TPSA) is 24.5 Å². The van der Waals surface area contributed by atoms with Gasteiger partial charge in [-0.25, -0.2) is 0 Å². The molecule has 1 N–H and O–H groups in total. The molecule has 1 aromatic carbocycles. The summed E-state index contributed by atoms with van der Waals surface area (Å²) in [6.07, 6.45) is 0. The number of nitrogens with zero attached hydrogens (tertiary/aromatic N) is 1. The van der Waals surface area contributed by atoms with Gasteiger partial charge < -0.3 is 15.0 Å². The third kappa shape index (κ3) is 2.97. The highest BCUT2D eigenvalue weighted by molar-refractivity contribution is 6.30.